The number of hydrogen-bond donors (Lipinski definition) is 1. The number of benzene rings is 3. The third kappa shape index (κ3) is 4.88. The number of fused-ring (bicyclic) bond motifs is 1. The van der Waals surface area contributed by atoms with Gasteiger partial charge in [0, 0.05) is 39.3 Å². The molecule has 0 radical (unpaired) electrons. The summed E-state index contributed by atoms with van der Waals surface area (Å²) in [5, 5.41) is 6.17. The van der Waals surface area contributed by atoms with Crippen LogP contribution in [0.1, 0.15) is 16.7 Å². The smallest absolute Gasteiger partial charge is 0.160 e. The van der Waals surface area contributed by atoms with Gasteiger partial charge in [0.05, 0.1) is 20.8 Å². The highest BCUT2D eigenvalue weighted by atomic mass is 35.5. The van der Waals surface area contributed by atoms with E-state index in [-0.39, 0.29) is 0 Å². The number of nitrogens with zero attached hydrogens (tertiary/aromatic N) is 1. The van der Waals surface area contributed by atoms with Gasteiger partial charge in [0.2, 0.25) is 0 Å². The maximum Gasteiger partial charge on any atom is 0.160 e. The number of hydrogen-bond acceptors (Lipinski definition) is 3. The van der Waals surface area contributed by atoms with Crippen molar-refractivity contribution in [1.82, 2.24) is 9.88 Å². The summed E-state index contributed by atoms with van der Waals surface area (Å²) in [6.07, 6.45) is 3.09. The zero-order valence-corrected chi connectivity index (χ0v) is 19.7. The Bertz CT molecular complexity index is 1200. The zero-order chi connectivity index (χ0) is 22.5. The number of aromatic nitrogens is 1. The SMILES string of the molecule is COc1ccc(CCNCc2cn(Cc3c(Cl)cccc3Cl)c3ccccc23)cc1OC. The molecular weight excluding hydrogens is 443 g/mol. The topological polar surface area (TPSA) is 35.4 Å². The van der Waals surface area contributed by atoms with Crippen molar-refractivity contribution in [3.05, 3.63) is 93.6 Å². The Morgan fingerprint density at radius 1 is 0.875 bits per heavy atom. The largest absolute Gasteiger partial charge is 0.493 e. The molecule has 0 unspecified atom stereocenters. The van der Waals surface area contributed by atoms with Crippen LogP contribution in [0.5, 0.6) is 11.5 Å². The van der Waals surface area contributed by atoms with Crippen LogP contribution in [0.2, 0.25) is 10.0 Å². The quantitative estimate of drug-likeness (QED) is 0.290. The molecule has 4 aromatic rings. The predicted octanol–water partition coefficient (Wildman–Crippen LogP) is 6.35. The van der Waals surface area contributed by atoms with E-state index in [4.69, 9.17) is 32.7 Å². The van der Waals surface area contributed by atoms with Crippen LogP contribution in [0, 0.1) is 0 Å². The summed E-state index contributed by atoms with van der Waals surface area (Å²) in [5.41, 5.74) is 4.55. The van der Waals surface area contributed by atoms with E-state index in [1.807, 2.05) is 30.3 Å². The molecule has 1 N–H and O–H groups in total. The van der Waals surface area contributed by atoms with Crippen molar-refractivity contribution in [2.75, 3.05) is 20.8 Å². The van der Waals surface area contributed by atoms with E-state index in [1.165, 1.54) is 22.0 Å². The summed E-state index contributed by atoms with van der Waals surface area (Å²) >= 11 is 12.8. The highest BCUT2D eigenvalue weighted by Crippen LogP contribution is 2.29. The molecule has 0 spiro atoms. The monoisotopic (exact) mass is 468 g/mol. The normalized spacial score (nSPS) is 11.1. The Morgan fingerprint density at radius 3 is 2.38 bits per heavy atom. The fourth-order valence-corrected chi connectivity index (χ4v) is 4.46. The van der Waals surface area contributed by atoms with Crippen LogP contribution >= 0.6 is 23.2 Å². The Morgan fingerprint density at radius 2 is 1.62 bits per heavy atom. The number of ether oxygens (including phenoxy) is 2. The van der Waals surface area contributed by atoms with Crippen molar-refractivity contribution >= 4 is 34.1 Å². The van der Waals surface area contributed by atoms with E-state index in [9.17, 15) is 0 Å². The van der Waals surface area contributed by atoms with Gasteiger partial charge in [-0.15, -0.1) is 0 Å². The van der Waals surface area contributed by atoms with Gasteiger partial charge in [-0.25, -0.2) is 0 Å². The molecule has 4 nitrogen and oxygen atoms in total. The summed E-state index contributed by atoms with van der Waals surface area (Å²) < 4.78 is 12.9. The molecule has 4 rings (SSSR count). The number of methoxy groups -OCH3 is 2. The van der Waals surface area contributed by atoms with E-state index in [0.29, 0.717) is 16.6 Å². The third-order valence-corrected chi connectivity index (χ3v) is 6.32. The molecule has 0 atom stereocenters. The first-order valence-corrected chi connectivity index (χ1v) is 11.3. The molecule has 0 aliphatic rings. The highest BCUT2D eigenvalue weighted by Gasteiger charge is 2.12. The van der Waals surface area contributed by atoms with Crippen molar-refractivity contribution in [1.29, 1.82) is 0 Å². The first-order valence-electron chi connectivity index (χ1n) is 10.5. The second-order valence-corrected chi connectivity index (χ2v) is 8.43. The van der Waals surface area contributed by atoms with Crippen LogP contribution in [0.15, 0.2) is 66.9 Å². The van der Waals surface area contributed by atoms with Crippen molar-refractivity contribution in [2.24, 2.45) is 0 Å². The van der Waals surface area contributed by atoms with Gasteiger partial charge in [-0.05, 0) is 54.4 Å². The average Bonchev–Trinajstić information content (AvgIpc) is 3.16. The molecule has 6 heteroatoms. The summed E-state index contributed by atoms with van der Waals surface area (Å²) in [5.74, 6) is 1.50. The van der Waals surface area contributed by atoms with Gasteiger partial charge in [-0.3, -0.25) is 0 Å². The fourth-order valence-electron chi connectivity index (χ4n) is 3.94. The van der Waals surface area contributed by atoms with Gasteiger partial charge in [-0.1, -0.05) is 53.5 Å². The third-order valence-electron chi connectivity index (χ3n) is 5.62. The maximum atomic E-state index is 6.41. The fraction of sp³-hybridized carbons (Fsp3) is 0.231. The van der Waals surface area contributed by atoms with E-state index in [1.54, 1.807) is 14.2 Å². The van der Waals surface area contributed by atoms with Gasteiger partial charge in [0.1, 0.15) is 0 Å². The molecule has 0 aliphatic carbocycles. The number of para-hydroxylation sites is 1. The number of rotatable bonds is 9. The number of halogens is 2. The lowest BCUT2D eigenvalue weighted by Crippen LogP contribution is -2.16. The molecule has 0 fully saturated rings. The van der Waals surface area contributed by atoms with Gasteiger partial charge in [0.15, 0.2) is 11.5 Å². The standard InChI is InChI=1S/C26H26Cl2N2O2/c1-31-25-11-10-18(14-26(25)32-2)12-13-29-15-19-16-30(24-9-4-3-6-20(19)24)17-21-22(27)7-5-8-23(21)28/h3-11,14,16,29H,12-13,15,17H2,1-2H3. The maximum absolute atomic E-state index is 6.41. The zero-order valence-electron chi connectivity index (χ0n) is 18.2. The Labute approximate surface area is 198 Å². The second kappa shape index (κ2) is 10.3. The van der Waals surface area contributed by atoms with E-state index < -0.39 is 0 Å². The lowest BCUT2D eigenvalue weighted by molar-refractivity contribution is 0.354. The van der Waals surface area contributed by atoms with Gasteiger partial charge < -0.3 is 19.4 Å². The average molecular weight is 469 g/mol. The van der Waals surface area contributed by atoms with E-state index >= 15 is 0 Å². The van der Waals surface area contributed by atoms with Crippen LogP contribution in [-0.2, 0) is 19.5 Å². The Balaban J connectivity index is 1.46. The molecule has 166 valence electrons. The van der Waals surface area contributed by atoms with Crippen molar-refractivity contribution < 1.29 is 9.47 Å². The molecule has 32 heavy (non-hydrogen) atoms. The number of nitrogens with one attached hydrogen (secondary N) is 1. The van der Waals surface area contributed by atoms with E-state index in [2.05, 4.69) is 46.4 Å². The summed E-state index contributed by atoms with van der Waals surface area (Å²) in [6, 6.07) is 20.1. The minimum Gasteiger partial charge on any atom is -0.493 e. The summed E-state index contributed by atoms with van der Waals surface area (Å²) in [7, 11) is 3.31. The minimum absolute atomic E-state index is 0.630. The Hall–Kier alpha value is -2.66. The molecule has 0 amide bonds. The molecule has 0 saturated heterocycles. The first kappa shape index (κ1) is 22.5. The van der Waals surface area contributed by atoms with Gasteiger partial charge in [0.25, 0.3) is 0 Å². The Kier molecular flexibility index (Phi) is 7.26. The van der Waals surface area contributed by atoms with Gasteiger partial charge in [-0.2, -0.15) is 0 Å². The molecule has 1 heterocycles. The van der Waals surface area contributed by atoms with E-state index in [0.717, 1.165) is 36.6 Å². The minimum atomic E-state index is 0.630. The van der Waals surface area contributed by atoms with Crippen molar-refractivity contribution in [2.45, 2.75) is 19.5 Å². The van der Waals surface area contributed by atoms with Crippen LogP contribution < -0.4 is 14.8 Å². The highest BCUT2D eigenvalue weighted by molar-refractivity contribution is 6.36. The second-order valence-electron chi connectivity index (χ2n) is 7.62. The summed E-state index contributed by atoms with van der Waals surface area (Å²) in [6.45, 7) is 2.26. The predicted molar refractivity (Wildman–Crippen MR) is 132 cm³/mol. The molecule has 3 aromatic carbocycles. The summed E-state index contributed by atoms with van der Waals surface area (Å²) in [4.78, 5) is 0. The lowest BCUT2D eigenvalue weighted by atomic mass is 10.1. The first-order chi connectivity index (χ1) is 15.6. The molecule has 0 saturated carbocycles. The van der Waals surface area contributed by atoms with Crippen LogP contribution in [0.4, 0.5) is 0 Å². The lowest BCUT2D eigenvalue weighted by Gasteiger charge is -2.10. The van der Waals surface area contributed by atoms with Crippen LogP contribution in [-0.4, -0.2) is 25.3 Å². The van der Waals surface area contributed by atoms with Crippen molar-refractivity contribution in [3.8, 4) is 11.5 Å². The molecule has 0 bridgehead atoms. The molecule has 1 aromatic heterocycles. The molecular formula is C26H26Cl2N2O2. The van der Waals surface area contributed by atoms with Gasteiger partial charge >= 0.3 is 0 Å². The molecule has 0 aliphatic heterocycles. The van der Waals surface area contributed by atoms with Crippen LogP contribution in [0.25, 0.3) is 10.9 Å². The van der Waals surface area contributed by atoms with Crippen LogP contribution in [0.3, 0.4) is 0 Å². The van der Waals surface area contributed by atoms with Crippen molar-refractivity contribution in [3.63, 3.8) is 0 Å².